The molecule has 9 heteroatoms. The molecule has 134 valence electrons. The minimum Gasteiger partial charge on any atom is -0.468 e. The first kappa shape index (κ1) is 17.6. The number of halogens is 1. The average Bonchev–Trinajstić information content (AvgIpc) is 3.08. The Morgan fingerprint density at radius 1 is 1.28 bits per heavy atom. The SMILES string of the molecule is COC(=O)C(C(=O)OC)c1c(Cl)cnc2c1cnn2C1CCCCO1. The number of nitrogens with zero attached hydrogens (tertiary/aromatic N) is 3. The Morgan fingerprint density at radius 2 is 2.00 bits per heavy atom. The van der Waals surface area contributed by atoms with Gasteiger partial charge in [-0.1, -0.05) is 11.6 Å². The van der Waals surface area contributed by atoms with Crippen LogP contribution in [-0.2, 0) is 23.8 Å². The van der Waals surface area contributed by atoms with Crippen molar-refractivity contribution in [3.63, 3.8) is 0 Å². The topological polar surface area (TPSA) is 92.5 Å². The maximum Gasteiger partial charge on any atom is 0.324 e. The molecule has 1 aliphatic heterocycles. The largest absolute Gasteiger partial charge is 0.468 e. The number of carbonyl (C=O) groups is 2. The van der Waals surface area contributed by atoms with Gasteiger partial charge >= 0.3 is 11.9 Å². The lowest BCUT2D eigenvalue weighted by atomic mass is 9.97. The average molecular weight is 368 g/mol. The maximum absolute atomic E-state index is 12.2. The van der Waals surface area contributed by atoms with E-state index in [4.69, 9.17) is 25.8 Å². The molecule has 0 N–H and O–H groups in total. The number of hydrogen-bond acceptors (Lipinski definition) is 7. The van der Waals surface area contributed by atoms with Crippen LogP contribution in [-0.4, -0.2) is 47.5 Å². The fraction of sp³-hybridized carbons (Fsp3) is 0.500. The normalized spacial score (nSPS) is 17.7. The molecule has 2 aromatic heterocycles. The summed E-state index contributed by atoms with van der Waals surface area (Å²) in [5, 5.41) is 4.99. The molecule has 1 fully saturated rings. The molecule has 3 rings (SSSR count). The van der Waals surface area contributed by atoms with Gasteiger partial charge in [-0.2, -0.15) is 5.10 Å². The minimum absolute atomic E-state index is 0.164. The number of carbonyl (C=O) groups excluding carboxylic acids is 2. The van der Waals surface area contributed by atoms with Crippen molar-refractivity contribution < 1.29 is 23.8 Å². The summed E-state index contributed by atoms with van der Waals surface area (Å²) in [5.41, 5.74) is 0.761. The van der Waals surface area contributed by atoms with Crippen LogP contribution < -0.4 is 0 Å². The van der Waals surface area contributed by atoms with Gasteiger partial charge in [-0.15, -0.1) is 0 Å². The van der Waals surface area contributed by atoms with Crippen LogP contribution >= 0.6 is 11.6 Å². The number of aromatic nitrogens is 3. The van der Waals surface area contributed by atoms with Crippen LogP contribution in [0.2, 0.25) is 5.02 Å². The van der Waals surface area contributed by atoms with E-state index >= 15 is 0 Å². The Balaban J connectivity index is 2.14. The number of ether oxygens (including phenoxy) is 3. The standard InChI is InChI=1S/C16H18ClN3O5/c1-23-15(21)13(16(22)24-2)12-9-7-19-20(11-5-3-4-6-25-11)14(9)18-8-10(12)17/h7-8,11,13H,3-6H2,1-2H3. The molecule has 0 aromatic carbocycles. The lowest BCUT2D eigenvalue weighted by Crippen LogP contribution is -2.25. The van der Waals surface area contributed by atoms with Gasteiger partial charge in [0.05, 0.1) is 25.4 Å². The van der Waals surface area contributed by atoms with Crippen LogP contribution in [0.3, 0.4) is 0 Å². The van der Waals surface area contributed by atoms with E-state index in [1.807, 2.05) is 0 Å². The summed E-state index contributed by atoms with van der Waals surface area (Å²) in [6.45, 7) is 0.652. The van der Waals surface area contributed by atoms with E-state index in [0.29, 0.717) is 17.6 Å². The summed E-state index contributed by atoms with van der Waals surface area (Å²) in [7, 11) is 2.40. The van der Waals surface area contributed by atoms with Crippen LogP contribution in [0.4, 0.5) is 0 Å². The molecule has 0 radical (unpaired) electrons. The zero-order valence-electron chi connectivity index (χ0n) is 13.9. The van der Waals surface area contributed by atoms with Crippen molar-refractivity contribution in [2.24, 2.45) is 0 Å². The lowest BCUT2D eigenvalue weighted by Gasteiger charge is -2.23. The fourth-order valence-corrected chi connectivity index (χ4v) is 3.24. The lowest BCUT2D eigenvalue weighted by molar-refractivity contribution is -0.154. The number of hydrogen-bond donors (Lipinski definition) is 0. The Morgan fingerprint density at radius 3 is 2.60 bits per heavy atom. The van der Waals surface area contributed by atoms with Crippen molar-refractivity contribution >= 4 is 34.6 Å². The van der Waals surface area contributed by atoms with Gasteiger partial charge in [0.15, 0.2) is 17.8 Å². The Bertz CT molecular complexity index is 784. The van der Waals surface area contributed by atoms with Crippen LogP contribution in [0.5, 0.6) is 0 Å². The summed E-state index contributed by atoms with van der Waals surface area (Å²) in [4.78, 5) is 28.6. The van der Waals surface area contributed by atoms with Gasteiger partial charge in [-0.3, -0.25) is 9.59 Å². The third-order valence-corrected chi connectivity index (χ3v) is 4.51. The van der Waals surface area contributed by atoms with Crippen molar-refractivity contribution in [3.05, 3.63) is 23.0 Å². The van der Waals surface area contributed by atoms with Crippen LogP contribution in [0.25, 0.3) is 11.0 Å². The zero-order chi connectivity index (χ0) is 18.0. The molecule has 0 saturated carbocycles. The van der Waals surface area contributed by atoms with Crippen molar-refractivity contribution in [2.45, 2.75) is 31.4 Å². The summed E-state index contributed by atoms with van der Waals surface area (Å²) in [5.74, 6) is -2.83. The molecule has 1 saturated heterocycles. The highest BCUT2D eigenvalue weighted by atomic mass is 35.5. The molecule has 1 atom stereocenters. The molecule has 0 spiro atoms. The molecule has 0 amide bonds. The molecular formula is C16H18ClN3O5. The van der Waals surface area contributed by atoms with Crippen LogP contribution in [0, 0.1) is 0 Å². The summed E-state index contributed by atoms with van der Waals surface area (Å²) in [6, 6.07) is 0. The van der Waals surface area contributed by atoms with Crippen molar-refractivity contribution in [1.82, 2.24) is 14.8 Å². The first-order valence-electron chi connectivity index (χ1n) is 7.87. The van der Waals surface area contributed by atoms with E-state index in [0.717, 1.165) is 19.3 Å². The van der Waals surface area contributed by atoms with Gasteiger partial charge in [-0.05, 0) is 19.3 Å². The monoisotopic (exact) mass is 367 g/mol. The highest BCUT2D eigenvalue weighted by Crippen LogP contribution is 2.34. The van der Waals surface area contributed by atoms with Crippen LogP contribution in [0.15, 0.2) is 12.4 Å². The van der Waals surface area contributed by atoms with E-state index in [-0.39, 0.29) is 16.8 Å². The first-order chi connectivity index (χ1) is 12.1. The molecule has 3 heterocycles. The number of fused-ring (bicyclic) bond motifs is 1. The molecule has 0 aliphatic carbocycles. The van der Waals surface area contributed by atoms with Gasteiger partial charge in [0, 0.05) is 23.8 Å². The zero-order valence-corrected chi connectivity index (χ0v) is 14.7. The summed E-state index contributed by atoms with van der Waals surface area (Å²) < 4.78 is 16.9. The molecule has 2 aromatic rings. The second-order valence-electron chi connectivity index (χ2n) is 5.65. The second-order valence-corrected chi connectivity index (χ2v) is 6.05. The van der Waals surface area contributed by atoms with E-state index in [1.54, 1.807) is 4.68 Å². The molecule has 8 nitrogen and oxygen atoms in total. The predicted octanol–water partition coefficient (Wildman–Crippen LogP) is 2.21. The molecule has 25 heavy (non-hydrogen) atoms. The second kappa shape index (κ2) is 7.37. The van der Waals surface area contributed by atoms with E-state index in [2.05, 4.69) is 10.1 Å². The number of pyridine rings is 1. The third-order valence-electron chi connectivity index (χ3n) is 4.21. The summed E-state index contributed by atoms with van der Waals surface area (Å²) >= 11 is 6.25. The number of esters is 2. The van der Waals surface area contributed by atoms with Crippen molar-refractivity contribution in [2.75, 3.05) is 20.8 Å². The highest BCUT2D eigenvalue weighted by molar-refractivity contribution is 6.33. The van der Waals surface area contributed by atoms with Gasteiger partial charge in [-0.25, -0.2) is 9.67 Å². The van der Waals surface area contributed by atoms with E-state index < -0.39 is 17.9 Å². The van der Waals surface area contributed by atoms with E-state index in [1.165, 1.54) is 26.6 Å². The third kappa shape index (κ3) is 3.19. The van der Waals surface area contributed by atoms with Gasteiger partial charge in [0.1, 0.15) is 0 Å². The Labute approximate surface area is 149 Å². The number of rotatable bonds is 4. The smallest absolute Gasteiger partial charge is 0.324 e. The molecule has 1 unspecified atom stereocenters. The summed E-state index contributed by atoms with van der Waals surface area (Å²) in [6.07, 6.45) is 5.53. The van der Waals surface area contributed by atoms with Crippen LogP contribution in [0.1, 0.15) is 37.0 Å². The Kier molecular flexibility index (Phi) is 5.19. The highest BCUT2D eigenvalue weighted by Gasteiger charge is 2.35. The minimum atomic E-state index is -1.31. The van der Waals surface area contributed by atoms with Crippen molar-refractivity contribution in [3.8, 4) is 0 Å². The van der Waals surface area contributed by atoms with E-state index in [9.17, 15) is 9.59 Å². The molecular weight excluding hydrogens is 350 g/mol. The van der Waals surface area contributed by atoms with Gasteiger partial charge in [0.2, 0.25) is 0 Å². The first-order valence-corrected chi connectivity index (χ1v) is 8.25. The maximum atomic E-state index is 12.2. The Hall–Kier alpha value is -2.19. The van der Waals surface area contributed by atoms with Gasteiger partial charge < -0.3 is 14.2 Å². The fourth-order valence-electron chi connectivity index (χ4n) is 2.98. The molecule has 1 aliphatic rings. The number of methoxy groups -OCH3 is 2. The molecule has 0 bridgehead atoms. The van der Waals surface area contributed by atoms with Gasteiger partial charge in [0.25, 0.3) is 0 Å². The quantitative estimate of drug-likeness (QED) is 0.604. The van der Waals surface area contributed by atoms with Crippen molar-refractivity contribution in [1.29, 1.82) is 0 Å². The predicted molar refractivity (Wildman–Crippen MR) is 88.2 cm³/mol.